The molecular weight excluding hydrogens is 515 g/mol. The van der Waals surface area contributed by atoms with Crippen LogP contribution in [-0.2, 0) is 11.3 Å². The Morgan fingerprint density at radius 1 is 1.02 bits per heavy atom. The maximum Gasteiger partial charge on any atom is 0.294 e. The van der Waals surface area contributed by atoms with Gasteiger partial charge < -0.3 is 14.5 Å². The van der Waals surface area contributed by atoms with E-state index in [2.05, 4.69) is 4.90 Å². The molecule has 1 saturated heterocycles. The molecule has 0 saturated carbocycles. The molecule has 2 heterocycles. The molecule has 1 aliphatic rings. The standard InChI is InChI=1S/C30H35FN4O5/c1-17-15-34(18(2)14-33(17)16-21-8-10-22(31)11-9-21)29(38)24-12-23-25(13-26(24)40-7)35(20(4)36)19(3)27(23)28(37)30(39)32(5)6/h8-13,17-18H,14-16H2,1-7H3. The number of nitrogens with zero attached hydrogens (tertiary/aromatic N) is 4. The minimum atomic E-state index is -0.757. The van der Waals surface area contributed by atoms with Crippen LogP contribution in [0, 0.1) is 12.7 Å². The molecule has 3 aromatic rings. The number of methoxy groups -OCH3 is 1. The van der Waals surface area contributed by atoms with Crippen LogP contribution in [-0.4, -0.2) is 89.1 Å². The van der Waals surface area contributed by atoms with Gasteiger partial charge in [-0.1, -0.05) is 12.1 Å². The Kier molecular flexibility index (Phi) is 8.11. The molecule has 0 radical (unpaired) electrons. The van der Waals surface area contributed by atoms with E-state index < -0.39 is 11.7 Å². The van der Waals surface area contributed by atoms with Crippen molar-refractivity contribution < 1.29 is 28.3 Å². The van der Waals surface area contributed by atoms with E-state index >= 15 is 0 Å². The van der Waals surface area contributed by atoms with Gasteiger partial charge in [0, 0.05) is 69.9 Å². The van der Waals surface area contributed by atoms with Crippen LogP contribution in [0.5, 0.6) is 5.75 Å². The molecule has 2 amide bonds. The minimum Gasteiger partial charge on any atom is -0.496 e. The van der Waals surface area contributed by atoms with Crippen LogP contribution in [0.25, 0.3) is 10.9 Å². The third-order valence-electron chi connectivity index (χ3n) is 7.57. The van der Waals surface area contributed by atoms with Crippen molar-refractivity contribution in [1.82, 2.24) is 19.3 Å². The SMILES string of the molecule is COc1cc2c(cc1C(=O)N1CC(C)N(Cc3ccc(F)cc3)CC1C)c(C(=O)C(=O)N(C)C)c(C)n2C(C)=O. The number of hydrogen-bond donors (Lipinski definition) is 0. The molecular formula is C30H35FN4O5. The molecule has 0 aliphatic carbocycles. The Bertz CT molecular complexity index is 1490. The van der Waals surface area contributed by atoms with Gasteiger partial charge in [0.15, 0.2) is 0 Å². The van der Waals surface area contributed by atoms with Crippen molar-refractivity contribution in [1.29, 1.82) is 0 Å². The van der Waals surface area contributed by atoms with Crippen molar-refractivity contribution >= 4 is 34.4 Å². The number of aromatic nitrogens is 1. The van der Waals surface area contributed by atoms with E-state index in [0.717, 1.165) is 5.56 Å². The zero-order valence-corrected chi connectivity index (χ0v) is 23.9. The summed E-state index contributed by atoms with van der Waals surface area (Å²) in [5.41, 5.74) is 2.03. The van der Waals surface area contributed by atoms with Crippen molar-refractivity contribution in [2.24, 2.45) is 0 Å². The lowest BCUT2D eigenvalue weighted by Crippen LogP contribution is -2.57. The Hall–Kier alpha value is -4.05. The number of ether oxygens (including phenoxy) is 1. The number of hydrogen-bond acceptors (Lipinski definition) is 6. The van der Waals surface area contributed by atoms with Crippen molar-refractivity contribution in [3.05, 3.63) is 64.6 Å². The van der Waals surface area contributed by atoms with E-state index in [4.69, 9.17) is 4.74 Å². The van der Waals surface area contributed by atoms with Crippen LogP contribution in [0.1, 0.15) is 57.5 Å². The average Bonchev–Trinajstić information content (AvgIpc) is 3.20. The molecule has 1 aliphatic heterocycles. The molecule has 2 unspecified atom stereocenters. The lowest BCUT2D eigenvalue weighted by atomic mass is 10.0. The number of benzene rings is 2. The zero-order chi connectivity index (χ0) is 29.5. The molecule has 0 spiro atoms. The molecule has 1 aromatic heterocycles. The van der Waals surface area contributed by atoms with Crippen LogP contribution in [0.4, 0.5) is 4.39 Å². The van der Waals surface area contributed by atoms with E-state index in [1.54, 1.807) is 36.1 Å². The first-order valence-corrected chi connectivity index (χ1v) is 13.1. The van der Waals surface area contributed by atoms with Gasteiger partial charge in [0.25, 0.3) is 17.6 Å². The van der Waals surface area contributed by atoms with Crippen molar-refractivity contribution in [2.75, 3.05) is 34.3 Å². The number of carbonyl (C=O) groups excluding carboxylic acids is 4. The normalized spacial score (nSPS) is 17.6. The quantitative estimate of drug-likeness (QED) is 0.343. The number of carbonyl (C=O) groups is 4. The highest BCUT2D eigenvalue weighted by atomic mass is 19.1. The summed E-state index contributed by atoms with van der Waals surface area (Å²) in [7, 11) is 4.41. The second kappa shape index (κ2) is 11.2. The van der Waals surface area contributed by atoms with Crippen molar-refractivity contribution in [3.63, 3.8) is 0 Å². The molecule has 4 rings (SSSR count). The summed E-state index contributed by atoms with van der Waals surface area (Å²) in [4.78, 5) is 57.6. The fraction of sp³-hybridized carbons (Fsp3) is 0.400. The number of likely N-dealkylation sites (N-methyl/N-ethyl adjacent to an activating group) is 1. The van der Waals surface area contributed by atoms with Gasteiger partial charge in [-0.05, 0) is 44.5 Å². The summed E-state index contributed by atoms with van der Waals surface area (Å²) >= 11 is 0. The maximum atomic E-state index is 14.0. The smallest absolute Gasteiger partial charge is 0.294 e. The van der Waals surface area contributed by atoms with Gasteiger partial charge in [-0.2, -0.15) is 0 Å². The first-order valence-electron chi connectivity index (χ1n) is 13.1. The highest BCUT2D eigenvalue weighted by Crippen LogP contribution is 2.34. The number of halogens is 1. The Morgan fingerprint density at radius 3 is 2.25 bits per heavy atom. The predicted molar refractivity (Wildman–Crippen MR) is 149 cm³/mol. The highest BCUT2D eigenvalue weighted by Gasteiger charge is 2.35. The zero-order valence-electron chi connectivity index (χ0n) is 23.9. The topological polar surface area (TPSA) is 92.2 Å². The van der Waals surface area contributed by atoms with Crippen LogP contribution < -0.4 is 4.74 Å². The van der Waals surface area contributed by atoms with Gasteiger partial charge in [0.05, 0.1) is 23.8 Å². The molecule has 10 heteroatoms. The summed E-state index contributed by atoms with van der Waals surface area (Å²) in [5, 5.41) is 0.340. The number of amides is 2. The fourth-order valence-corrected chi connectivity index (χ4v) is 5.46. The first-order chi connectivity index (χ1) is 18.8. The van der Waals surface area contributed by atoms with Gasteiger partial charge in [-0.15, -0.1) is 0 Å². The van der Waals surface area contributed by atoms with Crippen molar-refractivity contribution in [2.45, 2.75) is 46.3 Å². The van der Waals surface area contributed by atoms with E-state index in [9.17, 15) is 23.6 Å². The summed E-state index contributed by atoms with van der Waals surface area (Å²) in [5.74, 6) is -2.10. The number of Topliss-reactive ketones (excluding diaryl/α,β-unsaturated/α-hetero) is 1. The molecule has 40 heavy (non-hydrogen) atoms. The molecule has 1 fully saturated rings. The lowest BCUT2D eigenvalue weighted by molar-refractivity contribution is -0.124. The third kappa shape index (κ3) is 5.23. The molecule has 212 valence electrons. The average molecular weight is 551 g/mol. The molecule has 9 nitrogen and oxygen atoms in total. The van der Waals surface area contributed by atoms with E-state index in [1.807, 2.05) is 13.8 Å². The van der Waals surface area contributed by atoms with Crippen LogP contribution in [0.2, 0.25) is 0 Å². The summed E-state index contributed by atoms with van der Waals surface area (Å²) in [6, 6.07) is 9.42. The van der Waals surface area contributed by atoms with Gasteiger partial charge in [0.2, 0.25) is 5.91 Å². The summed E-state index contributed by atoms with van der Waals surface area (Å²) in [6.45, 7) is 8.66. The second-order valence-corrected chi connectivity index (χ2v) is 10.6. The largest absolute Gasteiger partial charge is 0.496 e. The summed E-state index contributed by atoms with van der Waals surface area (Å²) < 4.78 is 20.3. The Balaban J connectivity index is 1.72. The number of fused-ring (bicyclic) bond motifs is 1. The van der Waals surface area contributed by atoms with Crippen molar-refractivity contribution in [3.8, 4) is 5.75 Å². The monoisotopic (exact) mass is 550 g/mol. The van der Waals surface area contributed by atoms with Gasteiger partial charge in [-0.25, -0.2) is 4.39 Å². The fourth-order valence-electron chi connectivity index (χ4n) is 5.46. The first kappa shape index (κ1) is 28.9. The van der Waals surface area contributed by atoms with Crippen LogP contribution >= 0.6 is 0 Å². The lowest BCUT2D eigenvalue weighted by Gasteiger charge is -2.44. The Labute approximate surface area is 233 Å². The van der Waals surface area contributed by atoms with Gasteiger partial charge >= 0.3 is 0 Å². The minimum absolute atomic E-state index is 0.0239. The van der Waals surface area contributed by atoms with Gasteiger partial charge in [0.1, 0.15) is 11.6 Å². The summed E-state index contributed by atoms with van der Waals surface area (Å²) in [6.07, 6.45) is 0. The maximum absolute atomic E-state index is 14.0. The number of piperazine rings is 1. The second-order valence-electron chi connectivity index (χ2n) is 10.6. The Morgan fingerprint density at radius 2 is 1.68 bits per heavy atom. The predicted octanol–water partition coefficient (Wildman–Crippen LogP) is 3.76. The molecule has 2 atom stereocenters. The molecule has 2 aromatic carbocycles. The van der Waals surface area contributed by atoms with Crippen LogP contribution in [0.3, 0.4) is 0 Å². The number of ketones is 1. The molecule has 0 bridgehead atoms. The van der Waals surface area contributed by atoms with Crippen LogP contribution in [0.15, 0.2) is 36.4 Å². The van der Waals surface area contributed by atoms with E-state index in [-0.39, 0.29) is 46.6 Å². The highest BCUT2D eigenvalue weighted by molar-refractivity contribution is 6.45. The van der Waals surface area contributed by atoms with E-state index in [0.29, 0.717) is 36.2 Å². The van der Waals surface area contributed by atoms with E-state index in [1.165, 1.54) is 49.7 Å². The van der Waals surface area contributed by atoms with Gasteiger partial charge in [-0.3, -0.25) is 28.6 Å². The molecule has 0 N–H and O–H groups in total. The number of rotatable bonds is 6. The third-order valence-corrected chi connectivity index (χ3v) is 7.57.